The SMILES string of the molecule is CCCCc1nc2c(NC(=O)OCc3ccc(O[C@H]4C[C@H](CO)[C@@H](O)[C@H](O)[C@@H]4O)cc3)nc3cc(C(=O)O)ccc3c2n1Cc1ccc(CN(C)C)cc1. The van der Waals surface area contributed by atoms with Crippen LogP contribution in [0.2, 0.25) is 0 Å². The van der Waals surface area contributed by atoms with Gasteiger partial charge in [-0.05, 0) is 74.0 Å². The van der Waals surface area contributed by atoms with Crippen LogP contribution in [0.4, 0.5) is 10.6 Å². The number of ether oxygens (including phenoxy) is 2. The van der Waals surface area contributed by atoms with Crippen molar-refractivity contribution in [2.24, 2.45) is 5.92 Å². The number of carbonyl (C=O) groups excluding carboxylic acids is 1. The minimum Gasteiger partial charge on any atom is -0.488 e. The Morgan fingerprint density at radius 1 is 0.926 bits per heavy atom. The molecule has 54 heavy (non-hydrogen) atoms. The van der Waals surface area contributed by atoms with Crippen molar-refractivity contribution in [3.63, 3.8) is 0 Å². The summed E-state index contributed by atoms with van der Waals surface area (Å²) in [5.74, 6) is -0.391. The van der Waals surface area contributed by atoms with Gasteiger partial charge in [-0.25, -0.2) is 19.6 Å². The van der Waals surface area contributed by atoms with Gasteiger partial charge in [-0.15, -0.1) is 0 Å². The van der Waals surface area contributed by atoms with Crippen molar-refractivity contribution in [3.05, 3.63) is 94.8 Å². The second-order valence-corrected chi connectivity index (χ2v) is 14.1. The summed E-state index contributed by atoms with van der Waals surface area (Å²) in [5, 5.41) is 53.4. The molecule has 2 aromatic heterocycles. The fraction of sp³-hybridized carbons (Fsp3) is 0.400. The monoisotopic (exact) mass is 741 g/mol. The molecule has 1 saturated carbocycles. The molecule has 6 rings (SSSR count). The van der Waals surface area contributed by atoms with E-state index < -0.39 is 42.4 Å². The zero-order chi connectivity index (χ0) is 38.5. The lowest BCUT2D eigenvalue weighted by Gasteiger charge is -2.39. The number of hydrogen-bond donors (Lipinski definition) is 6. The summed E-state index contributed by atoms with van der Waals surface area (Å²) in [6.07, 6.45) is -2.99. The minimum absolute atomic E-state index is 0.0593. The quantitative estimate of drug-likeness (QED) is 0.0944. The lowest BCUT2D eigenvalue weighted by molar-refractivity contribution is -0.156. The first-order valence-electron chi connectivity index (χ1n) is 18.1. The highest BCUT2D eigenvalue weighted by atomic mass is 16.5. The fourth-order valence-corrected chi connectivity index (χ4v) is 6.85. The van der Waals surface area contributed by atoms with Crippen LogP contribution in [-0.4, -0.2) is 102 Å². The maximum atomic E-state index is 13.3. The van der Waals surface area contributed by atoms with E-state index in [0.29, 0.717) is 40.7 Å². The van der Waals surface area contributed by atoms with Gasteiger partial charge >= 0.3 is 12.1 Å². The average molecular weight is 742 g/mol. The van der Waals surface area contributed by atoms with Crippen LogP contribution in [0.3, 0.4) is 0 Å². The number of nitrogens with one attached hydrogen (secondary N) is 1. The molecule has 0 saturated heterocycles. The Bertz CT molecular complexity index is 2080. The van der Waals surface area contributed by atoms with Crippen molar-refractivity contribution in [3.8, 4) is 5.75 Å². The summed E-state index contributed by atoms with van der Waals surface area (Å²) >= 11 is 0. The zero-order valence-corrected chi connectivity index (χ0v) is 30.6. The van der Waals surface area contributed by atoms with Gasteiger partial charge < -0.3 is 44.5 Å². The number of pyridine rings is 1. The largest absolute Gasteiger partial charge is 0.488 e. The predicted molar refractivity (Wildman–Crippen MR) is 201 cm³/mol. The van der Waals surface area contributed by atoms with E-state index >= 15 is 0 Å². The van der Waals surface area contributed by atoms with Gasteiger partial charge in [0.25, 0.3) is 0 Å². The summed E-state index contributed by atoms with van der Waals surface area (Å²) in [6.45, 7) is 2.97. The van der Waals surface area contributed by atoms with E-state index in [0.717, 1.165) is 36.3 Å². The molecule has 14 nitrogen and oxygen atoms in total. The summed E-state index contributed by atoms with van der Waals surface area (Å²) in [5.41, 5.74) is 4.52. The van der Waals surface area contributed by atoms with Crippen molar-refractivity contribution < 1.29 is 44.6 Å². The van der Waals surface area contributed by atoms with E-state index in [4.69, 9.17) is 14.5 Å². The molecular formula is C40H47N5O9. The molecule has 2 heterocycles. The minimum atomic E-state index is -1.45. The lowest BCUT2D eigenvalue weighted by Crippen LogP contribution is -2.56. The highest BCUT2D eigenvalue weighted by molar-refractivity contribution is 6.10. The van der Waals surface area contributed by atoms with Crippen LogP contribution in [0.25, 0.3) is 21.9 Å². The van der Waals surface area contributed by atoms with Crippen LogP contribution in [0, 0.1) is 5.92 Å². The van der Waals surface area contributed by atoms with Crippen molar-refractivity contribution in [2.75, 3.05) is 26.0 Å². The normalized spacial score (nSPS) is 20.0. The summed E-state index contributed by atoms with van der Waals surface area (Å²) in [6, 6.07) is 19.8. The maximum absolute atomic E-state index is 13.3. The third kappa shape index (κ3) is 8.64. The number of carboxylic acids is 1. The standard InChI is InChI=1S/C40H47N5O9/c1-4-5-6-32-42-33-34(45(32)20-24-9-7-23(8-10-24)19-44(2)3)29-16-13-26(39(50)51)17-30(29)41-38(33)43-40(52)53-22-25-11-14-28(15-12-25)54-31-18-27(21-46)35(47)37(49)36(31)48/h7-17,27,31,35-37,46-49H,4-6,18-22H2,1-3H3,(H,50,51)(H,41,43,52)/t27-,31+,35-,36-,37+/m1/s1. The van der Waals surface area contributed by atoms with Crippen LogP contribution >= 0.6 is 0 Å². The molecule has 1 fully saturated rings. The van der Waals surface area contributed by atoms with Crippen LogP contribution < -0.4 is 10.1 Å². The third-order valence-electron chi connectivity index (χ3n) is 9.75. The number of hydrogen-bond acceptors (Lipinski definition) is 11. The van der Waals surface area contributed by atoms with E-state index in [2.05, 4.69) is 51.0 Å². The van der Waals surface area contributed by atoms with Crippen molar-refractivity contribution >= 4 is 39.8 Å². The number of rotatable bonds is 14. The van der Waals surface area contributed by atoms with Crippen molar-refractivity contribution in [1.29, 1.82) is 0 Å². The molecule has 0 radical (unpaired) electrons. The van der Waals surface area contributed by atoms with Gasteiger partial charge in [-0.2, -0.15) is 0 Å². The first-order valence-corrected chi connectivity index (χ1v) is 18.1. The van der Waals surface area contributed by atoms with Gasteiger partial charge in [0.1, 0.15) is 42.0 Å². The second kappa shape index (κ2) is 16.9. The zero-order valence-electron chi connectivity index (χ0n) is 30.6. The smallest absolute Gasteiger partial charge is 0.413 e. The Balaban J connectivity index is 1.24. The van der Waals surface area contributed by atoms with Crippen LogP contribution in [-0.2, 0) is 30.9 Å². The highest BCUT2D eigenvalue weighted by Crippen LogP contribution is 2.33. The van der Waals surface area contributed by atoms with Crippen molar-refractivity contribution in [1.82, 2.24) is 19.4 Å². The number of aromatic carboxylic acids is 1. The van der Waals surface area contributed by atoms with Crippen LogP contribution in [0.15, 0.2) is 66.7 Å². The number of carboxylic acid groups (broad SMARTS) is 1. The third-order valence-corrected chi connectivity index (χ3v) is 9.75. The van der Waals surface area contributed by atoms with E-state index in [1.165, 1.54) is 11.6 Å². The van der Waals surface area contributed by atoms with Crippen LogP contribution in [0.1, 0.15) is 59.1 Å². The number of carbonyl (C=O) groups is 2. The van der Waals surface area contributed by atoms with Crippen molar-refractivity contribution in [2.45, 2.75) is 76.7 Å². The fourth-order valence-electron chi connectivity index (χ4n) is 6.85. The number of benzene rings is 3. The van der Waals surface area contributed by atoms with Gasteiger partial charge in [0.05, 0.1) is 22.7 Å². The van der Waals surface area contributed by atoms with E-state index in [1.807, 2.05) is 14.1 Å². The molecule has 0 spiro atoms. The topological polar surface area (TPSA) is 200 Å². The molecule has 0 unspecified atom stereocenters. The van der Waals surface area contributed by atoms with Crippen LogP contribution in [0.5, 0.6) is 5.75 Å². The number of imidazole rings is 1. The lowest BCUT2D eigenvalue weighted by atomic mass is 9.81. The molecular weight excluding hydrogens is 694 g/mol. The Labute approximate surface area is 312 Å². The number of anilines is 1. The maximum Gasteiger partial charge on any atom is 0.413 e. The molecule has 5 aromatic rings. The van der Waals surface area contributed by atoms with E-state index in [-0.39, 0.29) is 31.0 Å². The van der Waals surface area contributed by atoms with Gasteiger partial charge in [-0.3, -0.25) is 5.32 Å². The number of amides is 1. The van der Waals surface area contributed by atoms with Gasteiger partial charge in [0.15, 0.2) is 5.82 Å². The number of unbranched alkanes of at least 4 members (excludes halogenated alkanes) is 1. The molecule has 1 aliphatic carbocycles. The molecule has 5 atom stereocenters. The number of fused-ring (bicyclic) bond motifs is 3. The Hall–Kier alpha value is -5.12. The molecule has 1 aliphatic rings. The highest BCUT2D eigenvalue weighted by Gasteiger charge is 2.43. The Morgan fingerprint density at radius 3 is 2.30 bits per heavy atom. The first kappa shape index (κ1) is 38.6. The average Bonchev–Trinajstić information content (AvgIpc) is 3.52. The first-order chi connectivity index (χ1) is 25.9. The number of aliphatic hydroxyl groups is 4. The predicted octanol–water partition coefficient (Wildman–Crippen LogP) is 4.33. The number of aliphatic hydroxyl groups excluding tert-OH is 4. The molecule has 0 aliphatic heterocycles. The molecule has 3 aromatic carbocycles. The molecule has 6 N–H and O–H groups in total. The second-order valence-electron chi connectivity index (χ2n) is 14.1. The molecule has 286 valence electrons. The summed E-state index contributed by atoms with van der Waals surface area (Å²) < 4.78 is 13.5. The summed E-state index contributed by atoms with van der Waals surface area (Å²) in [7, 11) is 4.05. The molecule has 14 heteroatoms. The van der Waals surface area contributed by atoms with Gasteiger partial charge in [-0.1, -0.05) is 49.7 Å². The Morgan fingerprint density at radius 2 is 1.63 bits per heavy atom. The number of nitrogens with zero attached hydrogens (tertiary/aromatic N) is 4. The van der Waals surface area contributed by atoms with E-state index in [1.54, 1.807) is 36.4 Å². The van der Waals surface area contributed by atoms with Gasteiger partial charge in [0.2, 0.25) is 0 Å². The van der Waals surface area contributed by atoms with E-state index in [9.17, 15) is 35.1 Å². The molecule has 0 bridgehead atoms. The Kier molecular flexibility index (Phi) is 12.1. The summed E-state index contributed by atoms with van der Waals surface area (Å²) in [4.78, 5) is 37.0. The molecule has 1 amide bonds. The number of aryl methyl sites for hydroxylation is 1. The number of aromatic nitrogens is 3. The van der Waals surface area contributed by atoms with Gasteiger partial charge in [0, 0.05) is 37.4 Å².